The van der Waals surface area contributed by atoms with E-state index in [9.17, 15) is 14.7 Å². The lowest BCUT2D eigenvalue weighted by Crippen LogP contribution is -2.30. The van der Waals surface area contributed by atoms with Gasteiger partial charge in [-0.3, -0.25) is 9.59 Å². The minimum Gasteiger partial charge on any atom is -0.497 e. The van der Waals surface area contributed by atoms with Crippen LogP contribution >= 0.6 is 0 Å². The Labute approximate surface area is 154 Å². The number of hydrogen-bond acceptors (Lipinski definition) is 3. The lowest BCUT2D eigenvalue weighted by molar-refractivity contribution is -0.137. The molecule has 1 amide bonds. The van der Waals surface area contributed by atoms with E-state index in [4.69, 9.17) is 4.74 Å². The Bertz CT molecular complexity index is 758. The number of carbonyl (C=O) groups excluding carboxylic acids is 1. The standard InChI is InChI=1S/C21H25NO4/c1-21(2,3)16-9-5-15(6-10-16)20(25)22-18(13-19(23)24)14-7-11-17(26-4)12-8-14/h5-12,18H,13H2,1-4H3,(H,22,25)(H,23,24)/t18-/m0/s1. The van der Waals surface area contributed by atoms with E-state index >= 15 is 0 Å². The maximum atomic E-state index is 12.6. The molecule has 2 aromatic rings. The lowest BCUT2D eigenvalue weighted by atomic mass is 9.86. The van der Waals surface area contributed by atoms with Gasteiger partial charge in [-0.25, -0.2) is 0 Å². The number of methoxy groups -OCH3 is 1. The van der Waals surface area contributed by atoms with E-state index in [-0.39, 0.29) is 17.7 Å². The Morgan fingerprint density at radius 3 is 2.08 bits per heavy atom. The third-order valence-corrected chi connectivity index (χ3v) is 4.22. The van der Waals surface area contributed by atoms with E-state index in [1.807, 2.05) is 12.1 Å². The highest BCUT2D eigenvalue weighted by atomic mass is 16.5. The zero-order chi connectivity index (χ0) is 19.3. The maximum Gasteiger partial charge on any atom is 0.305 e. The van der Waals surface area contributed by atoms with Gasteiger partial charge in [-0.2, -0.15) is 0 Å². The first-order valence-corrected chi connectivity index (χ1v) is 8.48. The average Bonchev–Trinajstić information content (AvgIpc) is 2.60. The van der Waals surface area contributed by atoms with Gasteiger partial charge >= 0.3 is 5.97 Å². The fourth-order valence-electron chi connectivity index (χ4n) is 2.63. The molecule has 2 rings (SSSR count). The molecule has 5 nitrogen and oxygen atoms in total. The van der Waals surface area contributed by atoms with Gasteiger partial charge in [0.05, 0.1) is 19.6 Å². The molecule has 138 valence electrons. The van der Waals surface area contributed by atoms with Crippen LogP contribution < -0.4 is 10.1 Å². The maximum absolute atomic E-state index is 12.6. The summed E-state index contributed by atoms with van der Waals surface area (Å²) in [5.74, 6) is -0.603. The highest BCUT2D eigenvalue weighted by molar-refractivity contribution is 5.94. The molecule has 0 aliphatic heterocycles. The number of carboxylic acid groups (broad SMARTS) is 1. The van der Waals surface area contributed by atoms with Crippen LogP contribution in [0, 0.1) is 0 Å². The fraction of sp³-hybridized carbons (Fsp3) is 0.333. The summed E-state index contributed by atoms with van der Waals surface area (Å²) in [5, 5.41) is 12.0. The number of carbonyl (C=O) groups is 2. The van der Waals surface area contributed by atoms with Gasteiger partial charge in [0, 0.05) is 5.56 Å². The third kappa shape index (κ3) is 5.09. The zero-order valence-electron chi connectivity index (χ0n) is 15.6. The number of nitrogens with one attached hydrogen (secondary N) is 1. The topological polar surface area (TPSA) is 75.6 Å². The van der Waals surface area contributed by atoms with Gasteiger partial charge in [-0.15, -0.1) is 0 Å². The number of carboxylic acids is 1. The van der Waals surface area contributed by atoms with E-state index in [0.717, 1.165) is 5.56 Å². The second kappa shape index (κ2) is 8.04. The van der Waals surface area contributed by atoms with E-state index in [2.05, 4.69) is 26.1 Å². The molecule has 0 aliphatic carbocycles. The molecule has 1 atom stereocenters. The molecule has 0 heterocycles. The lowest BCUT2D eigenvalue weighted by Gasteiger charge is -2.20. The number of benzene rings is 2. The summed E-state index contributed by atoms with van der Waals surface area (Å²) in [6.07, 6.45) is -0.196. The van der Waals surface area contributed by atoms with Crippen molar-refractivity contribution in [2.24, 2.45) is 0 Å². The van der Waals surface area contributed by atoms with Crippen molar-refractivity contribution in [1.82, 2.24) is 5.32 Å². The molecular weight excluding hydrogens is 330 g/mol. The predicted octanol–water partition coefficient (Wildman–Crippen LogP) is 3.94. The van der Waals surface area contributed by atoms with Crippen molar-refractivity contribution in [3.8, 4) is 5.75 Å². The number of amides is 1. The van der Waals surface area contributed by atoms with E-state index in [1.165, 1.54) is 0 Å². The molecule has 26 heavy (non-hydrogen) atoms. The van der Waals surface area contributed by atoms with Gasteiger partial charge in [-0.1, -0.05) is 45.0 Å². The number of ether oxygens (including phenoxy) is 1. The Morgan fingerprint density at radius 2 is 1.62 bits per heavy atom. The summed E-state index contributed by atoms with van der Waals surface area (Å²) < 4.78 is 5.12. The summed E-state index contributed by atoms with van der Waals surface area (Å²) in [4.78, 5) is 23.8. The monoisotopic (exact) mass is 355 g/mol. The molecule has 2 aromatic carbocycles. The number of aliphatic carboxylic acids is 1. The van der Waals surface area contributed by atoms with Crippen LogP contribution in [0.2, 0.25) is 0 Å². The molecular formula is C21H25NO4. The quantitative estimate of drug-likeness (QED) is 0.823. The van der Waals surface area contributed by atoms with E-state index < -0.39 is 12.0 Å². The van der Waals surface area contributed by atoms with E-state index in [1.54, 1.807) is 43.5 Å². The SMILES string of the molecule is COc1ccc([C@H](CC(=O)O)NC(=O)c2ccc(C(C)(C)C)cc2)cc1. The minimum atomic E-state index is -0.978. The van der Waals surface area contributed by atoms with Crippen molar-refractivity contribution < 1.29 is 19.4 Å². The van der Waals surface area contributed by atoms with Crippen LogP contribution in [0.3, 0.4) is 0 Å². The van der Waals surface area contributed by atoms with Crippen LogP contribution in [-0.2, 0) is 10.2 Å². The van der Waals surface area contributed by atoms with Crippen molar-refractivity contribution in [2.75, 3.05) is 7.11 Å². The van der Waals surface area contributed by atoms with Crippen LogP contribution in [0.15, 0.2) is 48.5 Å². The van der Waals surface area contributed by atoms with Crippen LogP contribution in [-0.4, -0.2) is 24.1 Å². The zero-order valence-corrected chi connectivity index (χ0v) is 15.6. The normalized spacial score (nSPS) is 12.3. The fourth-order valence-corrected chi connectivity index (χ4v) is 2.63. The van der Waals surface area contributed by atoms with Gasteiger partial charge < -0.3 is 15.2 Å². The Kier molecular flexibility index (Phi) is 6.03. The largest absolute Gasteiger partial charge is 0.497 e. The predicted molar refractivity (Wildman–Crippen MR) is 101 cm³/mol. The van der Waals surface area contributed by atoms with Crippen molar-refractivity contribution in [2.45, 2.75) is 38.6 Å². The molecule has 0 aromatic heterocycles. The van der Waals surface area contributed by atoms with Crippen LogP contribution in [0.1, 0.15) is 54.7 Å². The molecule has 0 fully saturated rings. The first-order valence-electron chi connectivity index (χ1n) is 8.48. The third-order valence-electron chi connectivity index (χ3n) is 4.22. The van der Waals surface area contributed by atoms with Gasteiger partial charge in [0.15, 0.2) is 0 Å². The van der Waals surface area contributed by atoms with Crippen molar-refractivity contribution in [1.29, 1.82) is 0 Å². The van der Waals surface area contributed by atoms with E-state index in [0.29, 0.717) is 16.9 Å². The Morgan fingerprint density at radius 1 is 1.04 bits per heavy atom. The van der Waals surface area contributed by atoms with Crippen molar-refractivity contribution in [3.63, 3.8) is 0 Å². The minimum absolute atomic E-state index is 0.00391. The molecule has 5 heteroatoms. The van der Waals surface area contributed by atoms with Gasteiger partial charge in [0.1, 0.15) is 5.75 Å². The number of hydrogen-bond donors (Lipinski definition) is 2. The summed E-state index contributed by atoms with van der Waals surface area (Å²) in [6, 6.07) is 13.8. The molecule has 2 N–H and O–H groups in total. The summed E-state index contributed by atoms with van der Waals surface area (Å²) in [6.45, 7) is 6.32. The highest BCUT2D eigenvalue weighted by Crippen LogP contribution is 2.23. The molecule has 0 radical (unpaired) electrons. The molecule has 0 spiro atoms. The summed E-state index contributed by atoms with van der Waals surface area (Å²) in [7, 11) is 1.56. The second-order valence-electron chi connectivity index (χ2n) is 7.22. The first-order chi connectivity index (χ1) is 12.2. The van der Waals surface area contributed by atoms with Crippen LogP contribution in [0.25, 0.3) is 0 Å². The number of rotatable bonds is 6. The van der Waals surface area contributed by atoms with Crippen molar-refractivity contribution in [3.05, 3.63) is 65.2 Å². The molecule has 0 unspecified atom stereocenters. The summed E-state index contributed by atoms with van der Waals surface area (Å²) >= 11 is 0. The Balaban J connectivity index is 2.18. The smallest absolute Gasteiger partial charge is 0.305 e. The molecule has 0 saturated heterocycles. The average molecular weight is 355 g/mol. The molecule has 0 bridgehead atoms. The highest BCUT2D eigenvalue weighted by Gasteiger charge is 2.20. The first kappa shape index (κ1) is 19.5. The van der Waals surface area contributed by atoms with Crippen molar-refractivity contribution >= 4 is 11.9 Å². The molecule has 0 aliphatic rings. The molecule has 0 saturated carbocycles. The van der Waals surface area contributed by atoms with Gasteiger partial charge in [0.2, 0.25) is 0 Å². The van der Waals surface area contributed by atoms with Crippen LogP contribution in [0.4, 0.5) is 0 Å². The Hall–Kier alpha value is -2.82. The summed E-state index contributed by atoms with van der Waals surface area (Å²) in [5.41, 5.74) is 2.35. The van der Waals surface area contributed by atoms with Gasteiger partial charge in [0.25, 0.3) is 5.91 Å². The van der Waals surface area contributed by atoms with Crippen LogP contribution in [0.5, 0.6) is 5.75 Å². The second-order valence-corrected chi connectivity index (χ2v) is 7.22. The van der Waals surface area contributed by atoms with Gasteiger partial charge in [-0.05, 0) is 40.8 Å².